The molecule has 1 aromatic carbocycles. The van der Waals surface area contributed by atoms with Crippen molar-refractivity contribution in [3.63, 3.8) is 0 Å². The van der Waals surface area contributed by atoms with E-state index in [4.69, 9.17) is 10.5 Å². The third kappa shape index (κ3) is 5.21. The van der Waals surface area contributed by atoms with Gasteiger partial charge in [-0.2, -0.15) is 0 Å². The van der Waals surface area contributed by atoms with Crippen LogP contribution >= 0.6 is 0 Å². The Morgan fingerprint density at radius 3 is 2.90 bits per heavy atom. The van der Waals surface area contributed by atoms with Crippen molar-refractivity contribution in [3.8, 4) is 0 Å². The van der Waals surface area contributed by atoms with E-state index in [9.17, 15) is 4.79 Å². The molecular weight excluding hydrogens is 252 g/mol. The van der Waals surface area contributed by atoms with Gasteiger partial charge in [-0.1, -0.05) is 12.8 Å². The maximum Gasteiger partial charge on any atom is 0.224 e. The van der Waals surface area contributed by atoms with Gasteiger partial charge in [0.05, 0.1) is 0 Å². The minimum atomic E-state index is 0.0312. The predicted octanol–water partition coefficient (Wildman–Crippen LogP) is 3.11. The lowest BCUT2D eigenvalue weighted by molar-refractivity contribution is -0.116. The molecule has 0 radical (unpaired) electrons. The van der Waals surface area contributed by atoms with Gasteiger partial charge in [0.2, 0.25) is 5.91 Å². The number of nitrogens with two attached hydrogens (primary N) is 1. The van der Waals surface area contributed by atoms with Crippen LogP contribution in [-0.4, -0.2) is 19.1 Å². The van der Waals surface area contributed by atoms with Gasteiger partial charge in [-0.15, -0.1) is 0 Å². The van der Waals surface area contributed by atoms with Crippen LogP contribution in [0.1, 0.15) is 37.7 Å². The summed E-state index contributed by atoms with van der Waals surface area (Å²) in [5.41, 5.74) is 8.21. The molecule has 0 atom stereocenters. The van der Waals surface area contributed by atoms with Crippen LogP contribution in [0, 0.1) is 12.8 Å². The Bertz CT molecular complexity index is 456. The maximum absolute atomic E-state index is 11.8. The fourth-order valence-electron chi connectivity index (χ4n) is 2.13. The number of amides is 1. The zero-order chi connectivity index (χ0) is 14.4. The highest BCUT2D eigenvalue weighted by molar-refractivity contribution is 5.91. The van der Waals surface area contributed by atoms with Crippen LogP contribution in [0.15, 0.2) is 18.2 Å². The van der Waals surface area contributed by atoms with E-state index < -0.39 is 0 Å². The van der Waals surface area contributed by atoms with Gasteiger partial charge in [-0.25, -0.2) is 0 Å². The van der Waals surface area contributed by atoms with Crippen molar-refractivity contribution in [2.45, 2.75) is 39.0 Å². The van der Waals surface area contributed by atoms with E-state index in [2.05, 4.69) is 5.32 Å². The minimum absolute atomic E-state index is 0.0312. The molecule has 3 N–H and O–H groups in total. The van der Waals surface area contributed by atoms with Gasteiger partial charge in [0.25, 0.3) is 0 Å². The van der Waals surface area contributed by atoms with E-state index in [1.165, 1.54) is 19.3 Å². The molecule has 0 spiro atoms. The van der Waals surface area contributed by atoms with Crippen LogP contribution in [0.2, 0.25) is 0 Å². The van der Waals surface area contributed by atoms with Crippen molar-refractivity contribution >= 4 is 17.3 Å². The zero-order valence-electron chi connectivity index (χ0n) is 12.2. The normalized spacial score (nSPS) is 14.2. The number of rotatable bonds is 8. The molecule has 1 fully saturated rings. The van der Waals surface area contributed by atoms with Crippen molar-refractivity contribution < 1.29 is 9.53 Å². The molecule has 1 aliphatic rings. The molecule has 1 aliphatic carbocycles. The fraction of sp³-hybridized carbons (Fsp3) is 0.562. The Kier molecular flexibility index (Phi) is 5.41. The Morgan fingerprint density at radius 1 is 1.40 bits per heavy atom. The first-order valence-electron chi connectivity index (χ1n) is 7.39. The Morgan fingerprint density at radius 2 is 2.20 bits per heavy atom. The monoisotopic (exact) mass is 276 g/mol. The number of ether oxygens (including phenoxy) is 1. The van der Waals surface area contributed by atoms with E-state index in [1.807, 2.05) is 19.1 Å². The first kappa shape index (κ1) is 14.9. The number of anilines is 2. The second-order valence-electron chi connectivity index (χ2n) is 5.57. The number of nitrogen functional groups attached to an aromatic ring is 1. The first-order chi connectivity index (χ1) is 9.65. The third-order valence-corrected chi connectivity index (χ3v) is 3.58. The van der Waals surface area contributed by atoms with Gasteiger partial charge in [0.1, 0.15) is 0 Å². The standard InChI is InChI=1S/C16H24N2O2/c1-12-11-14(17)6-7-15(12)18-16(19)3-2-9-20-10-8-13-4-5-13/h6-7,11,13H,2-5,8-10,17H2,1H3,(H,18,19). The molecule has 1 aromatic rings. The number of benzene rings is 1. The summed E-state index contributed by atoms with van der Waals surface area (Å²) in [7, 11) is 0. The van der Waals surface area contributed by atoms with Gasteiger partial charge in [0.15, 0.2) is 0 Å². The Balaban J connectivity index is 1.59. The number of nitrogens with one attached hydrogen (secondary N) is 1. The molecule has 0 bridgehead atoms. The van der Waals surface area contributed by atoms with Gasteiger partial charge in [-0.3, -0.25) is 4.79 Å². The van der Waals surface area contributed by atoms with Gasteiger partial charge < -0.3 is 15.8 Å². The van der Waals surface area contributed by atoms with Crippen LogP contribution in [0.4, 0.5) is 11.4 Å². The van der Waals surface area contributed by atoms with Crippen molar-refractivity contribution in [1.82, 2.24) is 0 Å². The highest BCUT2D eigenvalue weighted by atomic mass is 16.5. The van der Waals surface area contributed by atoms with Crippen LogP contribution in [-0.2, 0) is 9.53 Å². The lowest BCUT2D eigenvalue weighted by Crippen LogP contribution is -2.13. The predicted molar refractivity (Wildman–Crippen MR) is 81.6 cm³/mol. The third-order valence-electron chi connectivity index (χ3n) is 3.58. The lowest BCUT2D eigenvalue weighted by atomic mass is 10.1. The van der Waals surface area contributed by atoms with E-state index in [1.54, 1.807) is 6.07 Å². The molecule has 1 amide bonds. The summed E-state index contributed by atoms with van der Waals surface area (Å²) >= 11 is 0. The van der Waals surface area contributed by atoms with Gasteiger partial charge in [-0.05, 0) is 49.4 Å². The van der Waals surface area contributed by atoms with Crippen molar-refractivity contribution in [1.29, 1.82) is 0 Å². The number of carbonyl (C=O) groups is 1. The molecule has 110 valence electrons. The number of aryl methyl sites for hydroxylation is 1. The number of hydrogen-bond donors (Lipinski definition) is 2. The summed E-state index contributed by atoms with van der Waals surface area (Å²) in [6, 6.07) is 5.49. The van der Waals surface area contributed by atoms with Crippen molar-refractivity contribution in [2.24, 2.45) is 5.92 Å². The zero-order valence-corrected chi connectivity index (χ0v) is 12.2. The second-order valence-corrected chi connectivity index (χ2v) is 5.57. The number of carbonyl (C=O) groups excluding carboxylic acids is 1. The molecule has 4 nitrogen and oxygen atoms in total. The second kappa shape index (κ2) is 7.29. The van der Waals surface area contributed by atoms with Crippen LogP contribution in [0.3, 0.4) is 0 Å². The Labute approximate surface area is 120 Å². The van der Waals surface area contributed by atoms with Gasteiger partial charge in [0, 0.05) is 31.0 Å². The average Bonchev–Trinajstić information content (AvgIpc) is 3.21. The molecular formula is C16H24N2O2. The SMILES string of the molecule is Cc1cc(N)ccc1NC(=O)CCCOCCC1CC1. The molecule has 0 aliphatic heterocycles. The van der Waals surface area contributed by atoms with E-state index >= 15 is 0 Å². The smallest absolute Gasteiger partial charge is 0.224 e. The van der Waals surface area contributed by atoms with Crippen molar-refractivity contribution in [2.75, 3.05) is 24.3 Å². The summed E-state index contributed by atoms with van der Waals surface area (Å²) in [5.74, 6) is 0.940. The van der Waals surface area contributed by atoms with Crippen molar-refractivity contribution in [3.05, 3.63) is 23.8 Å². The molecule has 0 unspecified atom stereocenters. The first-order valence-corrected chi connectivity index (χ1v) is 7.39. The molecule has 4 heteroatoms. The molecule has 0 heterocycles. The van der Waals surface area contributed by atoms with Crippen LogP contribution in [0.5, 0.6) is 0 Å². The van der Waals surface area contributed by atoms with Gasteiger partial charge >= 0.3 is 0 Å². The van der Waals surface area contributed by atoms with E-state index in [0.29, 0.717) is 18.7 Å². The largest absolute Gasteiger partial charge is 0.399 e. The molecule has 0 aromatic heterocycles. The lowest BCUT2D eigenvalue weighted by Gasteiger charge is -2.09. The number of hydrogen-bond acceptors (Lipinski definition) is 3. The molecule has 20 heavy (non-hydrogen) atoms. The summed E-state index contributed by atoms with van der Waals surface area (Å²) in [4.78, 5) is 11.8. The molecule has 2 rings (SSSR count). The van der Waals surface area contributed by atoms with Crippen LogP contribution in [0.25, 0.3) is 0 Å². The fourth-order valence-corrected chi connectivity index (χ4v) is 2.13. The highest BCUT2D eigenvalue weighted by Gasteiger charge is 2.20. The van der Waals surface area contributed by atoms with E-state index in [0.717, 1.165) is 30.2 Å². The van der Waals surface area contributed by atoms with Crippen LogP contribution < -0.4 is 11.1 Å². The highest BCUT2D eigenvalue weighted by Crippen LogP contribution is 2.32. The average molecular weight is 276 g/mol. The summed E-state index contributed by atoms with van der Waals surface area (Å²) in [5, 5.41) is 2.91. The molecule has 1 saturated carbocycles. The maximum atomic E-state index is 11.8. The summed E-state index contributed by atoms with van der Waals surface area (Å²) in [6.07, 6.45) is 5.17. The summed E-state index contributed by atoms with van der Waals surface area (Å²) < 4.78 is 5.53. The minimum Gasteiger partial charge on any atom is -0.399 e. The summed E-state index contributed by atoms with van der Waals surface area (Å²) in [6.45, 7) is 3.44. The Hall–Kier alpha value is -1.55. The quantitative estimate of drug-likeness (QED) is 0.566. The van der Waals surface area contributed by atoms with E-state index in [-0.39, 0.29) is 5.91 Å². The molecule has 0 saturated heterocycles. The topological polar surface area (TPSA) is 64.3 Å².